The predicted molar refractivity (Wildman–Crippen MR) is 60.3 cm³/mol. The van der Waals surface area contributed by atoms with Crippen molar-refractivity contribution in [3.63, 3.8) is 0 Å². The molecule has 0 radical (unpaired) electrons. The summed E-state index contributed by atoms with van der Waals surface area (Å²) in [5.41, 5.74) is 0.194. The molecule has 1 fully saturated rings. The molecule has 0 bridgehead atoms. The first-order valence-corrected chi connectivity index (χ1v) is 5.84. The number of aliphatic hydroxyl groups is 1. The van der Waals surface area contributed by atoms with Crippen LogP contribution in [0.15, 0.2) is 0 Å². The summed E-state index contributed by atoms with van der Waals surface area (Å²) < 4.78 is 0. The van der Waals surface area contributed by atoms with Gasteiger partial charge in [-0.15, -0.1) is 0 Å². The fourth-order valence-electron chi connectivity index (χ4n) is 2.56. The Bertz CT molecular complexity index is 206. The van der Waals surface area contributed by atoms with Gasteiger partial charge in [-0.3, -0.25) is 0 Å². The van der Waals surface area contributed by atoms with E-state index in [1.54, 1.807) is 0 Å². The van der Waals surface area contributed by atoms with E-state index in [4.69, 9.17) is 0 Å². The molecule has 0 aromatic rings. The molecule has 0 aromatic heterocycles. The van der Waals surface area contributed by atoms with Gasteiger partial charge < -0.3 is 10.4 Å². The molecule has 0 spiro atoms. The second kappa shape index (κ2) is 3.82. The lowest BCUT2D eigenvalue weighted by atomic mass is 9.70. The molecule has 1 heterocycles. The van der Waals surface area contributed by atoms with Crippen LogP contribution in [0.25, 0.3) is 0 Å². The summed E-state index contributed by atoms with van der Waals surface area (Å²) in [7, 11) is 0. The van der Waals surface area contributed by atoms with E-state index in [0.717, 1.165) is 19.3 Å². The molecule has 0 amide bonds. The molecule has 0 aromatic carbocycles. The highest BCUT2D eigenvalue weighted by atomic mass is 16.3. The first-order chi connectivity index (χ1) is 6.37. The smallest absolute Gasteiger partial charge is 0.0600 e. The van der Waals surface area contributed by atoms with E-state index in [1.165, 1.54) is 0 Å². The zero-order valence-corrected chi connectivity index (χ0v) is 10.2. The van der Waals surface area contributed by atoms with Gasteiger partial charge in [0.1, 0.15) is 0 Å². The number of hydrogen-bond acceptors (Lipinski definition) is 2. The SMILES string of the molecule is CCC1(C)CC(O)C(C)C(C)(CC)N1. The van der Waals surface area contributed by atoms with Gasteiger partial charge in [-0.2, -0.15) is 0 Å². The summed E-state index contributed by atoms with van der Waals surface area (Å²) in [5.74, 6) is 0.340. The molecular weight excluding hydrogens is 174 g/mol. The van der Waals surface area contributed by atoms with Crippen LogP contribution >= 0.6 is 0 Å². The molecule has 1 aliphatic heterocycles. The average molecular weight is 199 g/mol. The Hall–Kier alpha value is -0.0800. The number of piperidine rings is 1. The van der Waals surface area contributed by atoms with E-state index in [9.17, 15) is 5.11 Å². The lowest BCUT2D eigenvalue weighted by Crippen LogP contribution is -2.65. The Morgan fingerprint density at radius 3 is 2.29 bits per heavy atom. The minimum absolute atomic E-state index is 0.0857. The minimum Gasteiger partial charge on any atom is -0.393 e. The summed E-state index contributed by atoms with van der Waals surface area (Å²) in [5, 5.41) is 13.8. The highest BCUT2D eigenvalue weighted by molar-refractivity contribution is 5.03. The van der Waals surface area contributed by atoms with E-state index in [1.807, 2.05) is 0 Å². The molecule has 2 nitrogen and oxygen atoms in total. The van der Waals surface area contributed by atoms with Crippen molar-refractivity contribution in [1.82, 2.24) is 5.32 Å². The largest absolute Gasteiger partial charge is 0.393 e. The number of rotatable bonds is 2. The van der Waals surface area contributed by atoms with Crippen LogP contribution in [0.3, 0.4) is 0 Å². The zero-order valence-electron chi connectivity index (χ0n) is 10.2. The van der Waals surface area contributed by atoms with Gasteiger partial charge in [-0.05, 0) is 39.0 Å². The summed E-state index contributed by atoms with van der Waals surface area (Å²) in [6, 6.07) is 0. The molecular formula is C12H25NO. The Morgan fingerprint density at radius 1 is 1.29 bits per heavy atom. The maximum atomic E-state index is 10.1. The summed E-state index contributed by atoms with van der Waals surface area (Å²) in [6.45, 7) is 11.0. The quantitative estimate of drug-likeness (QED) is 0.715. The van der Waals surface area contributed by atoms with Crippen molar-refractivity contribution >= 4 is 0 Å². The van der Waals surface area contributed by atoms with E-state index < -0.39 is 0 Å². The topological polar surface area (TPSA) is 32.3 Å². The molecule has 2 N–H and O–H groups in total. The monoisotopic (exact) mass is 199 g/mol. The molecule has 0 saturated carbocycles. The summed E-state index contributed by atoms with van der Waals surface area (Å²) in [4.78, 5) is 0. The molecule has 84 valence electrons. The van der Waals surface area contributed by atoms with Gasteiger partial charge >= 0.3 is 0 Å². The molecule has 4 atom stereocenters. The Morgan fingerprint density at radius 2 is 1.86 bits per heavy atom. The third kappa shape index (κ3) is 1.96. The highest BCUT2D eigenvalue weighted by Crippen LogP contribution is 2.36. The van der Waals surface area contributed by atoms with E-state index in [-0.39, 0.29) is 17.2 Å². The van der Waals surface area contributed by atoms with Gasteiger partial charge in [-0.25, -0.2) is 0 Å². The first kappa shape index (κ1) is 12.0. The van der Waals surface area contributed by atoms with Crippen LogP contribution in [-0.2, 0) is 0 Å². The Kier molecular flexibility index (Phi) is 3.27. The minimum atomic E-state index is -0.161. The summed E-state index contributed by atoms with van der Waals surface area (Å²) >= 11 is 0. The highest BCUT2D eigenvalue weighted by Gasteiger charge is 2.45. The van der Waals surface area contributed by atoms with Gasteiger partial charge in [0, 0.05) is 11.1 Å². The van der Waals surface area contributed by atoms with Gasteiger partial charge in [-0.1, -0.05) is 20.8 Å². The van der Waals surface area contributed by atoms with Gasteiger partial charge in [0.2, 0.25) is 0 Å². The maximum absolute atomic E-state index is 10.1. The zero-order chi connectivity index (χ0) is 11.0. The standard InChI is InChI=1S/C12H25NO/c1-6-11(4)8-10(14)9(3)12(5,7-2)13-11/h9-10,13-14H,6-8H2,1-5H3. The molecule has 1 aliphatic rings. The molecule has 0 aliphatic carbocycles. The normalized spacial score (nSPS) is 49.3. The van der Waals surface area contributed by atoms with Crippen LogP contribution in [0.5, 0.6) is 0 Å². The third-order valence-corrected chi connectivity index (χ3v) is 4.34. The summed E-state index contributed by atoms with van der Waals surface area (Å²) in [6.07, 6.45) is 2.86. The van der Waals surface area contributed by atoms with E-state index in [0.29, 0.717) is 5.92 Å². The van der Waals surface area contributed by atoms with Crippen LogP contribution in [0.2, 0.25) is 0 Å². The van der Waals surface area contributed by atoms with Crippen molar-refractivity contribution in [3.05, 3.63) is 0 Å². The fraction of sp³-hybridized carbons (Fsp3) is 1.00. The van der Waals surface area contributed by atoms with Crippen molar-refractivity contribution in [3.8, 4) is 0 Å². The van der Waals surface area contributed by atoms with E-state index in [2.05, 4.69) is 39.9 Å². The van der Waals surface area contributed by atoms with Gasteiger partial charge in [0.25, 0.3) is 0 Å². The maximum Gasteiger partial charge on any atom is 0.0600 e. The molecule has 1 saturated heterocycles. The van der Waals surface area contributed by atoms with Crippen molar-refractivity contribution in [2.75, 3.05) is 0 Å². The lowest BCUT2D eigenvalue weighted by Gasteiger charge is -2.52. The lowest BCUT2D eigenvalue weighted by molar-refractivity contribution is -0.0278. The van der Waals surface area contributed by atoms with Crippen LogP contribution in [0.4, 0.5) is 0 Å². The number of aliphatic hydroxyl groups excluding tert-OH is 1. The van der Waals surface area contributed by atoms with Crippen molar-refractivity contribution in [2.45, 2.75) is 71.1 Å². The molecule has 1 rings (SSSR count). The van der Waals surface area contributed by atoms with Gasteiger partial charge in [0.15, 0.2) is 0 Å². The third-order valence-electron chi connectivity index (χ3n) is 4.34. The van der Waals surface area contributed by atoms with Crippen molar-refractivity contribution < 1.29 is 5.11 Å². The molecule has 2 heteroatoms. The van der Waals surface area contributed by atoms with Crippen molar-refractivity contribution in [1.29, 1.82) is 0 Å². The Balaban J connectivity index is 2.87. The number of nitrogens with one attached hydrogen (secondary N) is 1. The first-order valence-electron chi connectivity index (χ1n) is 5.84. The van der Waals surface area contributed by atoms with Gasteiger partial charge in [0.05, 0.1) is 6.10 Å². The predicted octanol–water partition coefficient (Wildman–Crippen LogP) is 2.31. The van der Waals surface area contributed by atoms with Crippen LogP contribution in [0, 0.1) is 5.92 Å². The molecule has 14 heavy (non-hydrogen) atoms. The van der Waals surface area contributed by atoms with E-state index >= 15 is 0 Å². The van der Waals surface area contributed by atoms with Crippen LogP contribution in [-0.4, -0.2) is 22.3 Å². The average Bonchev–Trinajstić information content (AvgIpc) is 2.14. The van der Waals surface area contributed by atoms with Crippen LogP contribution in [0.1, 0.15) is 53.9 Å². The number of hydrogen-bond donors (Lipinski definition) is 2. The van der Waals surface area contributed by atoms with Crippen LogP contribution < -0.4 is 5.32 Å². The molecule has 4 unspecified atom stereocenters. The second-order valence-electron chi connectivity index (χ2n) is 5.37. The Labute approximate surface area is 88.1 Å². The second-order valence-corrected chi connectivity index (χ2v) is 5.37. The fourth-order valence-corrected chi connectivity index (χ4v) is 2.56. The van der Waals surface area contributed by atoms with Crippen molar-refractivity contribution in [2.24, 2.45) is 5.92 Å².